The zero-order chi connectivity index (χ0) is 19.4. The van der Waals surface area contributed by atoms with E-state index in [4.69, 9.17) is 10.5 Å². The molecule has 1 aromatic carbocycles. The van der Waals surface area contributed by atoms with E-state index in [-0.39, 0.29) is 17.6 Å². The summed E-state index contributed by atoms with van der Waals surface area (Å²) in [5.41, 5.74) is 5.50. The molecule has 2 amide bonds. The molecule has 0 aromatic heterocycles. The number of benzene rings is 1. The maximum absolute atomic E-state index is 13.0. The van der Waals surface area contributed by atoms with Crippen LogP contribution in [0, 0.1) is 0 Å². The van der Waals surface area contributed by atoms with Gasteiger partial charge in [0.15, 0.2) is 0 Å². The highest BCUT2D eigenvalue weighted by atomic mass is 16.5. The number of likely N-dealkylation sites (tertiary alicyclic amines) is 2. The molecule has 0 radical (unpaired) electrons. The third-order valence-electron chi connectivity index (χ3n) is 5.67. The summed E-state index contributed by atoms with van der Waals surface area (Å²) >= 11 is 0. The van der Waals surface area contributed by atoms with Crippen LogP contribution in [0.2, 0.25) is 0 Å². The van der Waals surface area contributed by atoms with E-state index in [1.54, 1.807) is 29.2 Å². The van der Waals surface area contributed by atoms with Crippen LogP contribution in [0.3, 0.4) is 0 Å². The number of primary amides is 1. The summed E-state index contributed by atoms with van der Waals surface area (Å²) in [6.07, 6.45) is 4.40. The summed E-state index contributed by atoms with van der Waals surface area (Å²) < 4.78 is 5.16. The fourth-order valence-electron chi connectivity index (χ4n) is 4.18. The van der Waals surface area contributed by atoms with Crippen molar-refractivity contribution in [2.45, 2.75) is 44.6 Å². The Labute approximate surface area is 159 Å². The molecule has 2 saturated heterocycles. The van der Waals surface area contributed by atoms with Crippen LogP contribution in [0.15, 0.2) is 24.3 Å². The van der Waals surface area contributed by atoms with E-state index in [2.05, 4.69) is 4.90 Å². The van der Waals surface area contributed by atoms with Gasteiger partial charge >= 0.3 is 5.97 Å². The number of nitrogens with two attached hydrogens (primary N) is 1. The Morgan fingerprint density at radius 3 is 2.22 bits per heavy atom. The maximum atomic E-state index is 13.0. The van der Waals surface area contributed by atoms with Gasteiger partial charge in [-0.3, -0.25) is 19.3 Å². The number of esters is 1. The first-order chi connectivity index (χ1) is 12.9. The van der Waals surface area contributed by atoms with Crippen molar-refractivity contribution in [3.63, 3.8) is 0 Å². The number of ether oxygens (including phenoxy) is 1. The molecular formula is C20H27N3O4. The van der Waals surface area contributed by atoms with E-state index in [0.29, 0.717) is 31.5 Å². The lowest BCUT2D eigenvalue weighted by atomic mass is 9.83. The number of piperidine rings is 2. The number of hydrogen-bond acceptors (Lipinski definition) is 5. The Hall–Kier alpha value is -2.41. The molecule has 2 N–H and O–H groups in total. The minimum atomic E-state index is -0.660. The molecule has 146 valence electrons. The van der Waals surface area contributed by atoms with Gasteiger partial charge in [0.05, 0.1) is 5.56 Å². The molecule has 0 bridgehead atoms. The molecule has 2 fully saturated rings. The lowest BCUT2D eigenvalue weighted by Crippen LogP contribution is -2.63. The fourth-order valence-corrected chi connectivity index (χ4v) is 4.18. The molecule has 7 nitrogen and oxygen atoms in total. The van der Waals surface area contributed by atoms with Crippen molar-refractivity contribution in [1.29, 1.82) is 0 Å². The second-order valence-corrected chi connectivity index (χ2v) is 7.33. The zero-order valence-electron chi connectivity index (χ0n) is 15.8. The molecule has 0 saturated carbocycles. The first-order valence-corrected chi connectivity index (χ1v) is 9.56. The summed E-state index contributed by atoms with van der Waals surface area (Å²) in [7, 11) is 0. The molecule has 0 aliphatic carbocycles. The zero-order valence-corrected chi connectivity index (χ0v) is 15.8. The van der Waals surface area contributed by atoms with E-state index in [1.807, 2.05) is 0 Å². The summed E-state index contributed by atoms with van der Waals surface area (Å²) in [5.74, 6) is -0.690. The van der Waals surface area contributed by atoms with Crippen molar-refractivity contribution < 1.29 is 19.1 Å². The van der Waals surface area contributed by atoms with Crippen molar-refractivity contribution in [1.82, 2.24) is 9.80 Å². The first kappa shape index (κ1) is 19.4. The van der Waals surface area contributed by atoms with Gasteiger partial charge in [-0.25, -0.2) is 0 Å². The molecule has 0 unspecified atom stereocenters. The van der Waals surface area contributed by atoms with Crippen LogP contribution in [0.4, 0.5) is 0 Å². The van der Waals surface area contributed by atoms with Crippen LogP contribution in [0.1, 0.15) is 49.4 Å². The van der Waals surface area contributed by atoms with Gasteiger partial charge in [0.2, 0.25) is 5.91 Å². The average Bonchev–Trinajstić information content (AvgIpc) is 2.68. The van der Waals surface area contributed by atoms with Gasteiger partial charge in [0.25, 0.3) is 5.91 Å². The van der Waals surface area contributed by atoms with Crippen LogP contribution in [-0.2, 0) is 9.59 Å². The molecular weight excluding hydrogens is 346 g/mol. The SMILES string of the molecule is CC(=O)Oc1ccccc1C(=O)N1CCC(C(N)=O)(N2CCCCC2)CC1. The molecule has 0 spiro atoms. The van der Waals surface area contributed by atoms with Crippen LogP contribution < -0.4 is 10.5 Å². The summed E-state index contributed by atoms with van der Waals surface area (Å²) in [6, 6.07) is 6.73. The van der Waals surface area contributed by atoms with E-state index >= 15 is 0 Å². The Bertz CT molecular complexity index is 720. The number of carbonyl (C=O) groups excluding carboxylic acids is 3. The van der Waals surface area contributed by atoms with E-state index in [0.717, 1.165) is 25.9 Å². The third-order valence-corrected chi connectivity index (χ3v) is 5.67. The highest BCUT2D eigenvalue weighted by Gasteiger charge is 2.46. The van der Waals surface area contributed by atoms with Crippen LogP contribution in [0.25, 0.3) is 0 Å². The van der Waals surface area contributed by atoms with Crippen molar-refractivity contribution in [3.05, 3.63) is 29.8 Å². The Kier molecular flexibility index (Phi) is 5.79. The number of para-hydroxylation sites is 1. The van der Waals surface area contributed by atoms with Crippen molar-refractivity contribution in [3.8, 4) is 5.75 Å². The minimum absolute atomic E-state index is 0.191. The molecule has 27 heavy (non-hydrogen) atoms. The highest BCUT2D eigenvalue weighted by molar-refractivity contribution is 5.98. The Balaban J connectivity index is 1.74. The third kappa shape index (κ3) is 3.98. The van der Waals surface area contributed by atoms with Crippen LogP contribution in [-0.4, -0.2) is 59.3 Å². The number of hydrogen-bond donors (Lipinski definition) is 1. The van der Waals surface area contributed by atoms with Crippen LogP contribution >= 0.6 is 0 Å². The number of amides is 2. The van der Waals surface area contributed by atoms with Crippen molar-refractivity contribution in [2.75, 3.05) is 26.2 Å². The summed E-state index contributed by atoms with van der Waals surface area (Å²) in [5, 5.41) is 0. The second kappa shape index (κ2) is 8.08. The fraction of sp³-hybridized carbons (Fsp3) is 0.550. The van der Waals surface area contributed by atoms with E-state index < -0.39 is 11.5 Å². The number of carbonyl (C=O) groups is 3. The smallest absolute Gasteiger partial charge is 0.308 e. The average molecular weight is 373 g/mol. The van der Waals surface area contributed by atoms with Gasteiger partial charge in [0.1, 0.15) is 11.3 Å². The Morgan fingerprint density at radius 1 is 1.00 bits per heavy atom. The summed E-state index contributed by atoms with van der Waals surface area (Å²) in [6.45, 7) is 3.97. The number of nitrogens with zero attached hydrogens (tertiary/aromatic N) is 2. The van der Waals surface area contributed by atoms with Gasteiger partial charge in [0, 0.05) is 20.0 Å². The molecule has 2 aliphatic heterocycles. The predicted molar refractivity (Wildman–Crippen MR) is 100 cm³/mol. The van der Waals surface area contributed by atoms with E-state index in [9.17, 15) is 14.4 Å². The lowest BCUT2D eigenvalue weighted by Gasteiger charge is -2.48. The van der Waals surface area contributed by atoms with Gasteiger partial charge in [-0.2, -0.15) is 0 Å². The van der Waals surface area contributed by atoms with E-state index in [1.165, 1.54) is 13.3 Å². The standard InChI is InChI=1S/C20H27N3O4/c1-15(24)27-17-8-4-3-7-16(17)18(25)22-13-9-20(10-14-22,19(21)26)23-11-5-2-6-12-23/h3-4,7-8H,2,5-6,9-14H2,1H3,(H2,21,26). The predicted octanol–water partition coefficient (Wildman–Crippen LogP) is 1.56. The highest BCUT2D eigenvalue weighted by Crippen LogP contribution is 2.32. The maximum Gasteiger partial charge on any atom is 0.308 e. The monoisotopic (exact) mass is 373 g/mol. The quantitative estimate of drug-likeness (QED) is 0.639. The summed E-state index contributed by atoms with van der Waals surface area (Å²) in [4.78, 5) is 40.5. The topological polar surface area (TPSA) is 92.9 Å². The first-order valence-electron chi connectivity index (χ1n) is 9.56. The molecule has 2 heterocycles. The molecule has 2 aliphatic rings. The van der Waals surface area contributed by atoms with Crippen molar-refractivity contribution in [2.24, 2.45) is 5.73 Å². The Morgan fingerprint density at radius 2 is 1.63 bits per heavy atom. The van der Waals surface area contributed by atoms with Crippen molar-refractivity contribution >= 4 is 17.8 Å². The van der Waals surface area contributed by atoms with Gasteiger partial charge in [-0.05, 0) is 50.9 Å². The second-order valence-electron chi connectivity index (χ2n) is 7.33. The normalized spacial score (nSPS) is 20.1. The van der Waals surface area contributed by atoms with Gasteiger partial charge in [-0.15, -0.1) is 0 Å². The number of rotatable bonds is 4. The largest absolute Gasteiger partial charge is 0.426 e. The lowest BCUT2D eigenvalue weighted by molar-refractivity contribution is -0.134. The van der Waals surface area contributed by atoms with Gasteiger partial charge in [-0.1, -0.05) is 18.6 Å². The molecule has 0 atom stereocenters. The molecule has 3 rings (SSSR count). The minimum Gasteiger partial charge on any atom is -0.426 e. The van der Waals surface area contributed by atoms with Gasteiger partial charge < -0.3 is 15.4 Å². The molecule has 1 aromatic rings. The van der Waals surface area contributed by atoms with Crippen LogP contribution in [0.5, 0.6) is 5.75 Å². The molecule has 7 heteroatoms.